The third kappa shape index (κ3) is 7.87. The third-order valence-corrected chi connectivity index (χ3v) is 4.82. The summed E-state index contributed by atoms with van der Waals surface area (Å²) in [6.07, 6.45) is 2.77. The summed E-state index contributed by atoms with van der Waals surface area (Å²) in [6, 6.07) is 9.70. The Hall–Kier alpha value is -1.63. The highest BCUT2D eigenvalue weighted by atomic mass is 35.5. The number of ether oxygens (including phenoxy) is 1. The normalized spacial score (nSPS) is 15.9. The van der Waals surface area contributed by atoms with E-state index in [1.165, 1.54) is 5.56 Å². The van der Waals surface area contributed by atoms with Crippen molar-refractivity contribution < 1.29 is 14.3 Å². The van der Waals surface area contributed by atoms with Crippen LogP contribution in [0.15, 0.2) is 30.3 Å². The first kappa shape index (κ1) is 23.4. The first-order valence-corrected chi connectivity index (χ1v) is 9.44. The fourth-order valence-corrected chi connectivity index (χ4v) is 2.96. The number of amides is 2. The second-order valence-electron chi connectivity index (χ2n) is 7.17. The molecule has 0 unspecified atom stereocenters. The van der Waals surface area contributed by atoms with Crippen molar-refractivity contribution in [1.29, 1.82) is 0 Å². The van der Waals surface area contributed by atoms with Gasteiger partial charge in [0, 0.05) is 13.1 Å². The number of nitrogens with two attached hydrogens (primary N) is 1. The summed E-state index contributed by atoms with van der Waals surface area (Å²) in [5.41, 5.74) is 7.05. The van der Waals surface area contributed by atoms with E-state index < -0.39 is 6.04 Å². The van der Waals surface area contributed by atoms with Gasteiger partial charge >= 0.3 is 0 Å². The van der Waals surface area contributed by atoms with Gasteiger partial charge in [-0.2, -0.15) is 0 Å². The summed E-state index contributed by atoms with van der Waals surface area (Å²) in [4.78, 5) is 25.9. The van der Waals surface area contributed by atoms with Gasteiger partial charge in [0.25, 0.3) is 0 Å². The van der Waals surface area contributed by atoms with Crippen LogP contribution in [-0.4, -0.2) is 55.1 Å². The molecule has 1 fully saturated rings. The lowest BCUT2D eigenvalue weighted by Crippen LogP contribution is -2.49. The van der Waals surface area contributed by atoms with E-state index in [9.17, 15) is 9.59 Å². The monoisotopic (exact) mass is 397 g/mol. The van der Waals surface area contributed by atoms with Gasteiger partial charge in [0.2, 0.25) is 11.8 Å². The molecule has 1 aromatic rings. The predicted octanol–water partition coefficient (Wildman–Crippen LogP) is 1.76. The quantitative estimate of drug-likeness (QED) is 0.700. The number of rotatable bonds is 8. The number of carbonyl (C=O) groups excluding carboxylic acids is 2. The highest BCUT2D eigenvalue weighted by molar-refractivity contribution is 5.87. The molecule has 0 radical (unpaired) electrons. The van der Waals surface area contributed by atoms with Gasteiger partial charge in [0.05, 0.1) is 25.3 Å². The maximum Gasteiger partial charge on any atom is 0.241 e. The van der Waals surface area contributed by atoms with Crippen molar-refractivity contribution in [2.45, 2.75) is 45.3 Å². The number of halogens is 1. The third-order valence-electron chi connectivity index (χ3n) is 4.82. The number of carbonyl (C=O) groups is 2. The second-order valence-corrected chi connectivity index (χ2v) is 7.17. The lowest BCUT2D eigenvalue weighted by Gasteiger charge is -2.32. The molecule has 1 aliphatic rings. The highest BCUT2D eigenvalue weighted by Crippen LogP contribution is 2.14. The Kier molecular flexibility index (Phi) is 10.4. The topological polar surface area (TPSA) is 84.7 Å². The largest absolute Gasteiger partial charge is 0.378 e. The van der Waals surface area contributed by atoms with E-state index in [1.54, 1.807) is 4.90 Å². The number of benzene rings is 1. The van der Waals surface area contributed by atoms with E-state index in [1.807, 2.05) is 32.0 Å². The minimum absolute atomic E-state index is 0. The molecule has 3 N–H and O–H groups in total. The van der Waals surface area contributed by atoms with Crippen LogP contribution in [0.2, 0.25) is 0 Å². The number of piperidine rings is 1. The van der Waals surface area contributed by atoms with Gasteiger partial charge in [0.1, 0.15) is 0 Å². The fraction of sp³-hybridized carbons (Fsp3) is 0.600. The minimum Gasteiger partial charge on any atom is -0.378 e. The molecule has 6 nitrogen and oxygen atoms in total. The van der Waals surface area contributed by atoms with Crippen LogP contribution in [0, 0.1) is 5.92 Å². The summed E-state index contributed by atoms with van der Waals surface area (Å²) in [5.74, 6) is -0.279. The van der Waals surface area contributed by atoms with Crippen molar-refractivity contribution in [3.05, 3.63) is 35.9 Å². The van der Waals surface area contributed by atoms with Crippen LogP contribution in [0.5, 0.6) is 0 Å². The molecule has 0 saturated carbocycles. The highest BCUT2D eigenvalue weighted by Gasteiger charge is 2.24. The van der Waals surface area contributed by atoms with Crippen molar-refractivity contribution in [3.8, 4) is 0 Å². The van der Waals surface area contributed by atoms with E-state index >= 15 is 0 Å². The van der Waals surface area contributed by atoms with Crippen LogP contribution >= 0.6 is 12.4 Å². The van der Waals surface area contributed by atoms with Crippen LogP contribution in [0.25, 0.3) is 0 Å². The molecule has 0 bridgehead atoms. The molecule has 2 rings (SSSR count). The molecule has 1 aromatic carbocycles. The predicted molar refractivity (Wildman–Crippen MR) is 109 cm³/mol. The smallest absolute Gasteiger partial charge is 0.241 e. The van der Waals surface area contributed by atoms with E-state index in [4.69, 9.17) is 10.5 Å². The van der Waals surface area contributed by atoms with Crippen molar-refractivity contribution in [3.63, 3.8) is 0 Å². The molecule has 152 valence electrons. The van der Waals surface area contributed by atoms with Gasteiger partial charge in [-0.25, -0.2) is 0 Å². The first-order chi connectivity index (χ1) is 12.5. The molecule has 0 aromatic heterocycles. The summed E-state index contributed by atoms with van der Waals surface area (Å²) in [7, 11) is 0. The van der Waals surface area contributed by atoms with Crippen LogP contribution in [0.1, 0.15) is 32.3 Å². The Labute approximate surface area is 168 Å². The molecule has 27 heavy (non-hydrogen) atoms. The lowest BCUT2D eigenvalue weighted by molar-refractivity contribution is -0.135. The van der Waals surface area contributed by atoms with Crippen LogP contribution in [-0.2, 0) is 20.7 Å². The summed E-state index contributed by atoms with van der Waals surface area (Å²) >= 11 is 0. The van der Waals surface area contributed by atoms with Crippen molar-refractivity contribution in [2.24, 2.45) is 11.7 Å². The number of hydrogen-bond donors (Lipinski definition) is 2. The summed E-state index contributed by atoms with van der Waals surface area (Å²) in [6.45, 7) is 5.82. The summed E-state index contributed by atoms with van der Waals surface area (Å²) in [5, 5.41) is 2.64. The van der Waals surface area contributed by atoms with E-state index in [2.05, 4.69) is 17.4 Å². The maximum absolute atomic E-state index is 12.2. The molecule has 7 heteroatoms. The average Bonchev–Trinajstić information content (AvgIpc) is 2.66. The van der Waals surface area contributed by atoms with Gasteiger partial charge < -0.3 is 20.7 Å². The van der Waals surface area contributed by atoms with Crippen LogP contribution < -0.4 is 11.1 Å². The number of likely N-dealkylation sites (tertiary alicyclic amines) is 1. The zero-order chi connectivity index (χ0) is 18.9. The van der Waals surface area contributed by atoms with Gasteiger partial charge in [-0.05, 0) is 30.7 Å². The zero-order valence-corrected chi connectivity index (χ0v) is 17.0. The van der Waals surface area contributed by atoms with E-state index in [0.29, 0.717) is 19.7 Å². The second kappa shape index (κ2) is 12.0. The Morgan fingerprint density at radius 2 is 1.85 bits per heavy atom. The minimum atomic E-state index is -0.577. The Morgan fingerprint density at radius 3 is 2.44 bits per heavy atom. The van der Waals surface area contributed by atoms with Gasteiger partial charge in [-0.15, -0.1) is 12.4 Å². The molecular weight excluding hydrogens is 366 g/mol. The van der Waals surface area contributed by atoms with Crippen LogP contribution in [0.4, 0.5) is 0 Å². The molecule has 1 saturated heterocycles. The zero-order valence-electron chi connectivity index (χ0n) is 16.2. The van der Waals surface area contributed by atoms with E-state index in [-0.39, 0.29) is 42.8 Å². The van der Waals surface area contributed by atoms with Crippen molar-refractivity contribution in [2.75, 3.05) is 26.2 Å². The Morgan fingerprint density at radius 1 is 1.22 bits per heavy atom. The summed E-state index contributed by atoms with van der Waals surface area (Å²) < 4.78 is 5.95. The first-order valence-electron chi connectivity index (χ1n) is 9.44. The lowest BCUT2D eigenvalue weighted by atomic mass is 10.1. The number of nitrogens with zero attached hydrogens (tertiary/aromatic N) is 1. The Balaban J connectivity index is 0.00000364. The van der Waals surface area contributed by atoms with E-state index in [0.717, 1.165) is 19.3 Å². The van der Waals surface area contributed by atoms with Crippen molar-refractivity contribution >= 4 is 24.2 Å². The molecule has 0 aliphatic carbocycles. The molecule has 1 heterocycles. The van der Waals surface area contributed by atoms with Gasteiger partial charge in [-0.1, -0.05) is 44.2 Å². The average molecular weight is 398 g/mol. The Bertz CT molecular complexity index is 575. The van der Waals surface area contributed by atoms with Gasteiger partial charge in [-0.3, -0.25) is 9.59 Å². The molecule has 1 aliphatic heterocycles. The van der Waals surface area contributed by atoms with Gasteiger partial charge in [0.15, 0.2) is 0 Å². The standard InChI is InChI=1S/C20H31N3O3.ClH/c1-15(2)19(21)20(25)22-14-18(24)23-11-8-17(9-12-23)26-13-10-16-6-4-3-5-7-16;/h3-7,15,17,19H,8-14,21H2,1-2H3,(H,22,25);1H/t19-;/m0./s1. The fourth-order valence-electron chi connectivity index (χ4n) is 2.96. The molecule has 2 amide bonds. The molecule has 1 atom stereocenters. The molecular formula is C20H32ClN3O3. The maximum atomic E-state index is 12.2. The number of hydrogen-bond acceptors (Lipinski definition) is 4. The SMILES string of the molecule is CC(C)[C@H](N)C(=O)NCC(=O)N1CCC(OCCc2ccccc2)CC1.Cl. The molecule has 0 spiro atoms. The number of nitrogens with one attached hydrogen (secondary N) is 1. The van der Waals surface area contributed by atoms with Crippen LogP contribution in [0.3, 0.4) is 0 Å². The van der Waals surface area contributed by atoms with Crippen molar-refractivity contribution in [1.82, 2.24) is 10.2 Å².